The summed E-state index contributed by atoms with van der Waals surface area (Å²) in [6.45, 7) is 2.04. The van der Waals surface area contributed by atoms with Crippen LogP contribution < -0.4 is 4.90 Å². The zero-order chi connectivity index (χ0) is 18.8. The average Bonchev–Trinajstić information content (AvgIpc) is 2.51. The number of benzene rings is 1. The average molecular weight is 418 g/mol. The van der Waals surface area contributed by atoms with Gasteiger partial charge in [-0.05, 0) is 47.0 Å². The largest absolute Gasteiger partial charge is 0.416 e. The zero-order valence-corrected chi connectivity index (χ0v) is 15.1. The minimum atomic E-state index is -4.48. The molecule has 0 saturated heterocycles. The number of hydrogen-bond donors (Lipinski definition) is 0. The van der Waals surface area contributed by atoms with E-state index in [0.717, 1.165) is 17.7 Å². The molecule has 9 heteroatoms. The molecule has 1 heterocycles. The first kappa shape index (κ1) is 19.2. The third-order valence-corrected chi connectivity index (χ3v) is 4.06. The monoisotopic (exact) mass is 417 g/mol. The van der Waals surface area contributed by atoms with E-state index >= 15 is 0 Å². The Hall–Kier alpha value is -2.16. The summed E-state index contributed by atoms with van der Waals surface area (Å²) in [4.78, 5) is 16.3. The van der Waals surface area contributed by atoms with Crippen molar-refractivity contribution in [1.29, 1.82) is 0 Å². The lowest BCUT2D eigenvalue weighted by atomic mass is 10.1. The first-order chi connectivity index (χ1) is 11.6. The fourth-order valence-corrected chi connectivity index (χ4v) is 2.73. The van der Waals surface area contributed by atoms with Crippen LogP contribution >= 0.6 is 15.9 Å². The maximum atomic E-state index is 12.9. The third kappa shape index (κ3) is 4.91. The Kier molecular flexibility index (Phi) is 5.66. The summed E-state index contributed by atoms with van der Waals surface area (Å²) < 4.78 is 38.8. The van der Waals surface area contributed by atoms with Crippen LogP contribution in [-0.4, -0.2) is 23.5 Å². The Morgan fingerprint density at radius 2 is 1.96 bits per heavy atom. The molecular formula is C16H15BrF3N3O2. The molecule has 1 aromatic carbocycles. The van der Waals surface area contributed by atoms with Crippen molar-refractivity contribution in [3.05, 3.63) is 61.7 Å². The Balaban J connectivity index is 2.20. The lowest BCUT2D eigenvalue weighted by Crippen LogP contribution is -2.22. The molecule has 0 aliphatic rings. The van der Waals surface area contributed by atoms with Crippen LogP contribution in [0.15, 0.2) is 34.9 Å². The predicted octanol–water partition coefficient (Wildman–Crippen LogP) is 4.76. The quantitative estimate of drug-likeness (QED) is 0.399. The fraction of sp³-hybridized carbons (Fsp3) is 0.312. The summed E-state index contributed by atoms with van der Waals surface area (Å²) in [5.41, 5.74) is 0.491. The number of likely N-dealkylation sites (N-methyl/N-ethyl adjacent to an activating group) is 1. The van der Waals surface area contributed by atoms with Crippen LogP contribution in [0.3, 0.4) is 0 Å². The molecule has 0 amide bonds. The van der Waals surface area contributed by atoms with E-state index in [-0.39, 0.29) is 22.7 Å². The standard InChI is InChI=1S/C16H15BrF3N3O2/c1-10-3-4-11(13(7-10)23(24)25)5-6-22(2)15-9-12(16(18,19)20)8-14(17)21-15/h3-4,7-9H,5-6H2,1-2H3. The summed E-state index contributed by atoms with van der Waals surface area (Å²) in [5.74, 6) is 0.136. The van der Waals surface area contributed by atoms with Crippen LogP contribution in [0.1, 0.15) is 16.7 Å². The Morgan fingerprint density at radius 1 is 1.28 bits per heavy atom. The van der Waals surface area contributed by atoms with Gasteiger partial charge >= 0.3 is 6.18 Å². The van der Waals surface area contributed by atoms with Crippen LogP contribution in [0.5, 0.6) is 0 Å². The van der Waals surface area contributed by atoms with Gasteiger partial charge in [0.25, 0.3) is 5.69 Å². The van der Waals surface area contributed by atoms with E-state index in [0.29, 0.717) is 12.0 Å². The van der Waals surface area contributed by atoms with Crippen molar-refractivity contribution in [2.45, 2.75) is 19.5 Å². The Bertz CT molecular complexity index is 797. The minimum absolute atomic E-state index is 0.00609. The second kappa shape index (κ2) is 7.38. The van der Waals surface area contributed by atoms with Gasteiger partial charge in [-0.15, -0.1) is 0 Å². The van der Waals surface area contributed by atoms with Gasteiger partial charge in [-0.2, -0.15) is 13.2 Å². The van der Waals surface area contributed by atoms with Crippen molar-refractivity contribution < 1.29 is 18.1 Å². The van der Waals surface area contributed by atoms with Crippen LogP contribution in [0.4, 0.5) is 24.7 Å². The Morgan fingerprint density at radius 3 is 2.56 bits per heavy atom. The first-order valence-electron chi connectivity index (χ1n) is 7.28. The van der Waals surface area contributed by atoms with Gasteiger partial charge in [0.1, 0.15) is 10.4 Å². The molecule has 0 atom stereocenters. The number of alkyl halides is 3. The van der Waals surface area contributed by atoms with Gasteiger partial charge in [-0.3, -0.25) is 10.1 Å². The van der Waals surface area contributed by atoms with Crippen molar-refractivity contribution in [3.8, 4) is 0 Å². The predicted molar refractivity (Wildman–Crippen MR) is 91.7 cm³/mol. The highest BCUT2D eigenvalue weighted by Crippen LogP contribution is 2.32. The van der Waals surface area contributed by atoms with Gasteiger partial charge < -0.3 is 4.90 Å². The van der Waals surface area contributed by atoms with Crippen molar-refractivity contribution in [1.82, 2.24) is 4.98 Å². The lowest BCUT2D eigenvalue weighted by Gasteiger charge is -2.20. The van der Waals surface area contributed by atoms with Gasteiger partial charge in [-0.1, -0.05) is 12.1 Å². The Labute approximate surface area is 150 Å². The van der Waals surface area contributed by atoms with Crippen molar-refractivity contribution in [3.63, 3.8) is 0 Å². The van der Waals surface area contributed by atoms with Crippen molar-refractivity contribution >= 4 is 27.4 Å². The number of aryl methyl sites for hydroxylation is 1. The number of anilines is 1. The summed E-state index contributed by atoms with van der Waals surface area (Å²) in [5, 5.41) is 11.1. The number of nitro benzene ring substituents is 1. The molecule has 0 unspecified atom stereocenters. The molecule has 0 spiro atoms. The molecule has 0 aliphatic heterocycles. The molecule has 134 valence electrons. The highest BCUT2D eigenvalue weighted by atomic mass is 79.9. The number of nitro groups is 1. The normalized spacial score (nSPS) is 11.4. The van der Waals surface area contributed by atoms with E-state index in [4.69, 9.17) is 0 Å². The van der Waals surface area contributed by atoms with Gasteiger partial charge in [-0.25, -0.2) is 4.98 Å². The molecule has 0 saturated carbocycles. The van der Waals surface area contributed by atoms with Crippen LogP contribution in [0.25, 0.3) is 0 Å². The minimum Gasteiger partial charge on any atom is -0.359 e. The number of nitrogens with zero attached hydrogens (tertiary/aromatic N) is 3. The number of halogens is 4. The molecule has 2 aromatic rings. The molecular weight excluding hydrogens is 403 g/mol. The molecule has 2 rings (SSSR count). The third-order valence-electron chi connectivity index (χ3n) is 3.65. The summed E-state index contributed by atoms with van der Waals surface area (Å²) >= 11 is 2.98. The second-order valence-corrected chi connectivity index (χ2v) is 6.41. The molecule has 5 nitrogen and oxygen atoms in total. The van der Waals surface area contributed by atoms with Gasteiger partial charge in [0.15, 0.2) is 0 Å². The van der Waals surface area contributed by atoms with E-state index in [1.54, 1.807) is 26.1 Å². The SMILES string of the molecule is Cc1ccc(CCN(C)c2cc(C(F)(F)F)cc(Br)n2)c([N+](=O)[O-])c1. The first-order valence-corrected chi connectivity index (χ1v) is 8.07. The van der Waals surface area contributed by atoms with Gasteiger partial charge in [0.05, 0.1) is 10.5 Å². The topological polar surface area (TPSA) is 59.3 Å². The fourth-order valence-electron chi connectivity index (χ4n) is 2.30. The van der Waals surface area contributed by atoms with E-state index in [1.807, 2.05) is 0 Å². The highest BCUT2D eigenvalue weighted by molar-refractivity contribution is 9.10. The summed E-state index contributed by atoms with van der Waals surface area (Å²) in [6.07, 6.45) is -4.17. The van der Waals surface area contributed by atoms with Gasteiger partial charge in [0.2, 0.25) is 0 Å². The second-order valence-electron chi connectivity index (χ2n) is 5.60. The van der Waals surface area contributed by atoms with Crippen molar-refractivity contribution in [2.24, 2.45) is 0 Å². The van der Waals surface area contributed by atoms with Gasteiger partial charge in [0, 0.05) is 25.2 Å². The summed E-state index contributed by atoms with van der Waals surface area (Å²) in [7, 11) is 1.59. The number of rotatable bonds is 5. The number of hydrogen-bond acceptors (Lipinski definition) is 4. The number of pyridine rings is 1. The molecule has 25 heavy (non-hydrogen) atoms. The maximum absolute atomic E-state index is 12.9. The van der Waals surface area contributed by atoms with Crippen LogP contribution in [0.2, 0.25) is 0 Å². The molecule has 0 N–H and O–H groups in total. The van der Waals surface area contributed by atoms with E-state index in [2.05, 4.69) is 20.9 Å². The lowest BCUT2D eigenvalue weighted by molar-refractivity contribution is -0.385. The van der Waals surface area contributed by atoms with E-state index < -0.39 is 16.7 Å². The molecule has 0 aliphatic carbocycles. The van der Waals surface area contributed by atoms with Crippen LogP contribution in [-0.2, 0) is 12.6 Å². The van der Waals surface area contributed by atoms with Crippen molar-refractivity contribution in [2.75, 3.05) is 18.5 Å². The molecule has 1 aromatic heterocycles. The number of aromatic nitrogens is 1. The molecule has 0 fully saturated rings. The van der Waals surface area contributed by atoms with Crippen LogP contribution in [0, 0.1) is 17.0 Å². The van der Waals surface area contributed by atoms with E-state index in [9.17, 15) is 23.3 Å². The molecule has 0 bridgehead atoms. The molecule has 0 radical (unpaired) electrons. The zero-order valence-electron chi connectivity index (χ0n) is 13.5. The smallest absolute Gasteiger partial charge is 0.359 e. The summed E-state index contributed by atoms with van der Waals surface area (Å²) in [6, 6.07) is 6.77. The maximum Gasteiger partial charge on any atom is 0.416 e. The van der Waals surface area contributed by atoms with E-state index in [1.165, 1.54) is 11.0 Å². The highest BCUT2D eigenvalue weighted by Gasteiger charge is 2.31.